The SMILES string of the molecule is C=C(NC)C(=CNC)NC. The van der Waals surface area contributed by atoms with Gasteiger partial charge >= 0.3 is 0 Å². The van der Waals surface area contributed by atoms with Gasteiger partial charge in [-0.2, -0.15) is 0 Å². The summed E-state index contributed by atoms with van der Waals surface area (Å²) in [6.45, 7) is 3.78. The molecule has 3 heteroatoms. The first kappa shape index (κ1) is 8.88. The molecular formula is C7H15N3. The Morgan fingerprint density at radius 1 is 1.20 bits per heavy atom. The Morgan fingerprint density at radius 2 is 1.80 bits per heavy atom. The molecule has 3 N–H and O–H groups in total. The van der Waals surface area contributed by atoms with Gasteiger partial charge in [0, 0.05) is 27.3 Å². The van der Waals surface area contributed by atoms with Crippen LogP contribution in [0.3, 0.4) is 0 Å². The fourth-order valence-corrected chi connectivity index (χ4v) is 0.589. The second-order valence-electron chi connectivity index (χ2n) is 1.83. The Bertz CT molecular complexity index is 138. The topological polar surface area (TPSA) is 36.1 Å². The predicted octanol–water partition coefficient (Wildman–Crippen LogP) is -0.000300. The van der Waals surface area contributed by atoms with Gasteiger partial charge in [-0.15, -0.1) is 0 Å². The number of nitrogens with one attached hydrogen (secondary N) is 3. The molecule has 0 radical (unpaired) electrons. The fraction of sp³-hybridized carbons (Fsp3) is 0.429. The van der Waals surface area contributed by atoms with Gasteiger partial charge in [0.05, 0.1) is 11.4 Å². The van der Waals surface area contributed by atoms with E-state index in [-0.39, 0.29) is 0 Å². The van der Waals surface area contributed by atoms with Crippen molar-refractivity contribution in [1.82, 2.24) is 16.0 Å². The summed E-state index contributed by atoms with van der Waals surface area (Å²) >= 11 is 0. The molecular weight excluding hydrogens is 126 g/mol. The van der Waals surface area contributed by atoms with Gasteiger partial charge in [-0.05, 0) is 0 Å². The zero-order chi connectivity index (χ0) is 7.98. The van der Waals surface area contributed by atoms with Crippen molar-refractivity contribution in [2.24, 2.45) is 0 Å². The Labute approximate surface area is 62.2 Å². The quantitative estimate of drug-likeness (QED) is 0.482. The van der Waals surface area contributed by atoms with E-state index >= 15 is 0 Å². The van der Waals surface area contributed by atoms with Crippen molar-refractivity contribution in [3.05, 3.63) is 24.2 Å². The average molecular weight is 141 g/mol. The standard InChI is InChI=1S/C7H15N3/c1-6(9-3)7(10-4)5-8-2/h5,8-10H,1H2,2-4H3. The summed E-state index contributed by atoms with van der Waals surface area (Å²) in [5.74, 6) is 0. The maximum absolute atomic E-state index is 3.78. The van der Waals surface area contributed by atoms with Gasteiger partial charge in [0.15, 0.2) is 0 Å². The van der Waals surface area contributed by atoms with Crippen molar-refractivity contribution in [2.45, 2.75) is 0 Å². The minimum absolute atomic E-state index is 0.872. The monoisotopic (exact) mass is 141 g/mol. The smallest absolute Gasteiger partial charge is 0.0726 e. The molecule has 0 saturated carbocycles. The lowest BCUT2D eigenvalue weighted by molar-refractivity contribution is 0.888. The fourth-order valence-electron chi connectivity index (χ4n) is 0.589. The first-order valence-corrected chi connectivity index (χ1v) is 3.18. The molecule has 0 aliphatic carbocycles. The molecule has 0 unspecified atom stereocenters. The Morgan fingerprint density at radius 3 is 2.10 bits per heavy atom. The van der Waals surface area contributed by atoms with Crippen molar-refractivity contribution < 1.29 is 0 Å². The van der Waals surface area contributed by atoms with Crippen LogP contribution in [-0.4, -0.2) is 21.1 Å². The van der Waals surface area contributed by atoms with Gasteiger partial charge in [-0.25, -0.2) is 0 Å². The van der Waals surface area contributed by atoms with E-state index < -0.39 is 0 Å². The van der Waals surface area contributed by atoms with Crippen molar-refractivity contribution >= 4 is 0 Å². The highest BCUT2D eigenvalue weighted by Gasteiger charge is 1.93. The summed E-state index contributed by atoms with van der Waals surface area (Å²) in [6.07, 6.45) is 1.85. The number of hydrogen-bond donors (Lipinski definition) is 3. The highest BCUT2D eigenvalue weighted by molar-refractivity contribution is 5.23. The average Bonchev–Trinajstić information content (AvgIpc) is 1.99. The second kappa shape index (κ2) is 4.73. The lowest BCUT2D eigenvalue weighted by atomic mass is 10.3. The highest BCUT2D eigenvalue weighted by Crippen LogP contribution is 1.95. The van der Waals surface area contributed by atoms with E-state index in [0.717, 1.165) is 11.4 Å². The first-order chi connectivity index (χ1) is 4.76. The maximum Gasteiger partial charge on any atom is 0.0726 e. The third kappa shape index (κ3) is 2.44. The first-order valence-electron chi connectivity index (χ1n) is 3.18. The van der Waals surface area contributed by atoms with Crippen molar-refractivity contribution in [3.8, 4) is 0 Å². The van der Waals surface area contributed by atoms with E-state index in [9.17, 15) is 0 Å². The third-order valence-corrected chi connectivity index (χ3v) is 1.18. The molecule has 0 atom stereocenters. The van der Waals surface area contributed by atoms with Crippen LogP contribution in [0.1, 0.15) is 0 Å². The van der Waals surface area contributed by atoms with Gasteiger partial charge in [-0.3, -0.25) is 0 Å². The zero-order valence-electron chi connectivity index (χ0n) is 6.78. The second-order valence-corrected chi connectivity index (χ2v) is 1.83. The summed E-state index contributed by atoms with van der Waals surface area (Å²) in [5.41, 5.74) is 1.84. The predicted molar refractivity (Wildman–Crippen MR) is 44.4 cm³/mol. The van der Waals surface area contributed by atoms with Crippen LogP contribution in [0.25, 0.3) is 0 Å². The molecule has 0 aliphatic rings. The highest BCUT2D eigenvalue weighted by atomic mass is 15.0. The lowest BCUT2D eigenvalue weighted by Crippen LogP contribution is -2.18. The van der Waals surface area contributed by atoms with Crippen LogP contribution in [0.4, 0.5) is 0 Å². The van der Waals surface area contributed by atoms with E-state index in [1.165, 1.54) is 0 Å². The van der Waals surface area contributed by atoms with Crippen LogP contribution in [0, 0.1) is 0 Å². The van der Waals surface area contributed by atoms with Crippen LogP contribution in [0.15, 0.2) is 24.2 Å². The molecule has 0 rings (SSSR count). The summed E-state index contributed by atoms with van der Waals surface area (Å²) in [4.78, 5) is 0. The molecule has 0 heterocycles. The van der Waals surface area contributed by atoms with Crippen molar-refractivity contribution in [3.63, 3.8) is 0 Å². The summed E-state index contributed by atoms with van der Waals surface area (Å²) < 4.78 is 0. The third-order valence-electron chi connectivity index (χ3n) is 1.18. The largest absolute Gasteiger partial charge is 0.392 e. The van der Waals surface area contributed by atoms with Gasteiger partial charge in [0.1, 0.15) is 0 Å². The van der Waals surface area contributed by atoms with E-state index in [2.05, 4.69) is 22.5 Å². The maximum atomic E-state index is 3.78. The van der Waals surface area contributed by atoms with Crippen LogP contribution in [0.5, 0.6) is 0 Å². The molecule has 58 valence electrons. The molecule has 3 nitrogen and oxygen atoms in total. The molecule has 0 fully saturated rings. The van der Waals surface area contributed by atoms with Gasteiger partial charge in [0.25, 0.3) is 0 Å². The van der Waals surface area contributed by atoms with Crippen molar-refractivity contribution in [1.29, 1.82) is 0 Å². The van der Waals surface area contributed by atoms with E-state index in [4.69, 9.17) is 0 Å². The minimum Gasteiger partial charge on any atom is -0.392 e. The molecule has 0 spiro atoms. The van der Waals surface area contributed by atoms with Crippen LogP contribution >= 0.6 is 0 Å². The Hall–Kier alpha value is -1.12. The molecule has 10 heavy (non-hydrogen) atoms. The van der Waals surface area contributed by atoms with E-state index in [0.29, 0.717) is 0 Å². The zero-order valence-corrected chi connectivity index (χ0v) is 6.78. The normalized spacial score (nSPS) is 10.5. The van der Waals surface area contributed by atoms with Gasteiger partial charge < -0.3 is 16.0 Å². The van der Waals surface area contributed by atoms with Crippen LogP contribution < -0.4 is 16.0 Å². The molecule has 0 aromatic rings. The lowest BCUT2D eigenvalue weighted by Gasteiger charge is -2.08. The Balaban J connectivity index is 4.06. The summed E-state index contributed by atoms with van der Waals surface area (Å²) in [7, 11) is 5.54. The number of hydrogen-bond acceptors (Lipinski definition) is 3. The van der Waals surface area contributed by atoms with E-state index in [1.54, 1.807) is 0 Å². The summed E-state index contributed by atoms with van der Waals surface area (Å²) in [5, 5.41) is 8.83. The number of likely N-dealkylation sites (N-methyl/N-ethyl adjacent to an activating group) is 2. The van der Waals surface area contributed by atoms with E-state index in [1.807, 2.05) is 27.3 Å². The van der Waals surface area contributed by atoms with Crippen LogP contribution in [-0.2, 0) is 0 Å². The Kier molecular flexibility index (Phi) is 4.20. The molecule has 0 aliphatic heterocycles. The minimum atomic E-state index is 0.872. The van der Waals surface area contributed by atoms with Gasteiger partial charge in [-0.1, -0.05) is 6.58 Å². The molecule has 0 amide bonds. The molecule has 0 aromatic heterocycles. The van der Waals surface area contributed by atoms with Crippen LogP contribution in [0.2, 0.25) is 0 Å². The summed E-state index contributed by atoms with van der Waals surface area (Å²) in [6, 6.07) is 0. The van der Waals surface area contributed by atoms with Gasteiger partial charge in [0.2, 0.25) is 0 Å². The number of rotatable bonds is 4. The van der Waals surface area contributed by atoms with Crippen molar-refractivity contribution in [2.75, 3.05) is 21.1 Å². The molecule has 0 saturated heterocycles. The molecule has 0 aromatic carbocycles. The molecule has 0 bridgehead atoms.